The summed E-state index contributed by atoms with van der Waals surface area (Å²) in [4.78, 5) is 9.00. The predicted octanol–water partition coefficient (Wildman–Crippen LogP) is -1.07. The van der Waals surface area contributed by atoms with Crippen molar-refractivity contribution in [2.24, 2.45) is 11.5 Å². The van der Waals surface area contributed by atoms with E-state index in [1.54, 1.807) is 0 Å². The SMILES string of the molecule is CC(=O)O.N=C(N)N.[Hg]. The quantitative estimate of drug-likeness (QED) is 0.258. The Balaban J connectivity index is -0.0000000720. The topological polar surface area (TPSA) is 113 Å². The van der Waals surface area contributed by atoms with Crippen molar-refractivity contribution in [3.63, 3.8) is 0 Å². The predicted molar refractivity (Wildman–Crippen MR) is 29.4 cm³/mol. The van der Waals surface area contributed by atoms with Crippen LogP contribution in [0.3, 0.4) is 0 Å². The normalized spacial score (nSPS) is 5.44. The van der Waals surface area contributed by atoms with Gasteiger partial charge in [0.15, 0.2) is 5.96 Å². The van der Waals surface area contributed by atoms with Gasteiger partial charge in [-0.05, 0) is 0 Å². The summed E-state index contributed by atoms with van der Waals surface area (Å²) in [5, 5.41) is 13.5. The molecule has 0 saturated carbocycles. The molecule has 0 saturated heterocycles. The van der Waals surface area contributed by atoms with E-state index in [4.69, 9.17) is 15.3 Å². The molecule has 0 amide bonds. The second kappa shape index (κ2) is 10.6. The molecule has 0 aromatic heterocycles. The van der Waals surface area contributed by atoms with Crippen LogP contribution in [0.15, 0.2) is 0 Å². The molecule has 0 rings (SSSR count). The molecule has 0 radical (unpaired) electrons. The van der Waals surface area contributed by atoms with Gasteiger partial charge >= 0.3 is 0 Å². The zero-order chi connectivity index (χ0) is 7.15. The molecule has 5 nitrogen and oxygen atoms in total. The van der Waals surface area contributed by atoms with Gasteiger partial charge in [0.2, 0.25) is 0 Å². The molecular formula is C3H9HgN3O2. The van der Waals surface area contributed by atoms with Gasteiger partial charge in [-0.2, -0.15) is 0 Å². The van der Waals surface area contributed by atoms with Crippen LogP contribution in [0.4, 0.5) is 0 Å². The first-order valence-electron chi connectivity index (χ1n) is 1.76. The Bertz CT molecular complexity index is 75.1. The van der Waals surface area contributed by atoms with Gasteiger partial charge in [0, 0.05) is 34.6 Å². The Morgan fingerprint density at radius 3 is 1.56 bits per heavy atom. The van der Waals surface area contributed by atoms with Crippen molar-refractivity contribution in [3.8, 4) is 0 Å². The summed E-state index contributed by atoms with van der Waals surface area (Å²) in [6, 6.07) is 0. The summed E-state index contributed by atoms with van der Waals surface area (Å²) < 4.78 is 0. The Labute approximate surface area is 73.4 Å². The fraction of sp³-hybridized carbons (Fsp3) is 0.333. The smallest absolute Gasteiger partial charge is 0.300 e. The number of carbonyl (C=O) groups is 1. The number of hydrogen-bond acceptors (Lipinski definition) is 2. The molecule has 0 aliphatic rings. The van der Waals surface area contributed by atoms with Gasteiger partial charge in [-0.15, -0.1) is 0 Å². The molecule has 0 spiro atoms. The molecule has 0 fully saturated rings. The van der Waals surface area contributed by atoms with Crippen LogP contribution < -0.4 is 11.5 Å². The largest absolute Gasteiger partial charge is 0.481 e. The third-order valence-electron chi connectivity index (χ3n) is 0. The van der Waals surface area contributed by atoms with E-state index in [0.717, 1.165) is 6.92 Å². The summed E-state index contributed by atoms with van der Waals surface area (Å²) in [5.74, 6) is -1.17. The van der Waals surface area contributed by atoms with Crippen molar-refractivity contribution in [1.82, 2.24) is 0 Å². The number of aliphatic carboxylic acids is 1. The van der Waals surface area contributed by atoms with Crippen molar-refractivity contribution in [2.45, 2.75) is 6.92 Å². The molecule has 6 N–H and O–H groups in total. The zero-order valence-corrected chi connectivity index (χ0v) is 10.7. The van der Waals surface area contributed by atoms with Crippen LogP contribution in [0, 0.1) is 5.41 Å². The minimum absolute atomic E-state index is 0. The second-order valence-corrected chi connectivity index (χ2v) is 0.974. The van der Waals surface area contributed by atoms with Gasteiger partial charge in [0.1, 0.15) is 0 Å². The van der Waals surface area contributed by atoms with Crippen molar-refractivity contribution < 1.29 is 37.6 Å². The van der Waals surface area contributed by atoms with E-state index in [0.29, 0.717) is 0 Å². The maximum Gasteiger partial charge on any atom is 0.300 e. The first-order chi connectivity index (χ1) is 3.46. The Morgan fingerprint density at radius 1 is 1.56 bits per heavy atom. The van der Waals surface area contributed by atoms with E-state index >= 15 is 0 Å². The first kappa shape index (κ1) is 15.9. The van der Waals surface area contributed by atoms with E-state index in [2.05, 4.69) is 11.5 Å². The zero-order valence-electron chi connectivity index (χ0n) is 5.22. The van der Waals surface area contributed by atoms with E-state index in [-0.39, 0.29) is 33.6 Å². The number of carboxylic acid groups (broad SMARTS) is 1. The van der Waals surface area contributed by atoms with Crippen molar-refractivity contribution >= 4 is 11.9 Å². The molecule has 0 atom stereocenters. The summed E-state index contributed by atoms with van der Waals surface area (Å²) >= 11 is 0. The first-order valence-corrected chi connectivity index (χ1v) is 1.76. The number of nitrogens with one attached hydrogen (secondary N) is 1. The maximum atomic E-state index is 9.00. The third kappa shape index (κ3) is 2340. The molecule has 6 heteroatoms. The molecule has 0 aromatic rings. The number of hydrogen-bond donors (Lipinski definition) is 4. The van der Waals surface area contributed by atoms with Crippen LogP contribution >= 0.6 is 0 Å². The molecule has 0 unspecified atom stereocenters. The van der Waals surface area contributed by atoms with Crippen molar-refractivity contribution in [2.75, 3.05) is 0 Å². The Morgan fingerprint density at radius 2 is 1.56 bits per heavy atom. The van der Waals surface area contributed by atoms with Crippen LogP contribution in [-0.4, -0.2) is 17.0 Å². The van der Waals surface area contributed by atoms with Gasteiger partial charge in [-0.25, -0.2) is 0 Å². The molecule has 0 aromatic carbocycles. The van der Waals surface area contributed by atoms with E-state index in [1.165, 1.54) is 0 Å². The van der Waals surface area contributed by atoms with Gasteiger partial charge < -0.3 is 16.6 Å². The Kier molecular flexibility index (Phi) is 18.7. The van der Waals surface area contributed by atoms with E-state index < -0.39 is 5.97 Å². The van der Waals surface area contributed by atoms with Gasteiger partial charge in [-0.3, -0.25) is 10.2 Å². The maximum absolute atomic E-state index is 9.00. The van der Waals surface area contributed by atoms with Crippen LogP contribution in [0.2, 0.25) is 0 Å². The number of nitrogens with two attached hydrogens (primary N) is 2. The standard InChI is InChI=1S/C2H4O2.CH5N3.Hg/c1-2(3)4;2-1(3)4;/h1H3,(H,3,4);(H5,2,3,4);. The fourth-order valence-electron chi connectivity index (χ4n) is 0. The molecule has 50 valence electrons. The number of rotatable bonds is 0. The Hall–Kier alpha value is -0.325. The van der Waals surface area contributed by atoms with Crippen LogP contribution in [0.5, 0.6) is 0 Å². The molecule has 0 aliphatic carbocycles. The molecule has 0 aliphatic heterocycles. The summed E-state index contributed by atoms with van der Waals surface area (Å²) in [6.07, 6.45) is 0. The number of guanidine groups is 1. The monoisotopic (exact) mass is 321 g/mol. The molecule has 0 heterocycles. The second-order valence-electron chi connectivity index (χ2n) is 0.974. The summed E-state index contributed by atoms with van der Waals surface area (Å²) in [5.41, 5.74) is 8.94. The van der Waals surface area contributed by atoms with E-state index in [9.17, 15) is 0 Å². The van der Waals surface area contributed by atoms with Gasteiger partial charge in [0.05, 0.1) is 0 Å². The minimum Gasteiger partial charge on any atom is -0.481 e. The van der Waals surface area contributed by atoms with Crippen LogP contribution in [-0.2, 0) is 32.5 Å². The average molecular weight is 320 g/mol. The van der Waals surface area contributed by atoms with Gasteiger partial charge in [-0.1, -0.05) is 0 Å². The fourth-order valence-corrected chi connectivity index (χ4v) is 0. The van der Waals surface area contributed by atoms with Crippen LogP contribution in [0.1, 0.15) is 6.92 Å². The minimum atomic E-state index is -0.833. The van der Waals surface area contributed by atoms with Gasteiger partial charge in [0.25, 0.3) is 5.97 Å². The van der Waals surface area contributed by atoms with Crippen molar-refractivity contribution in [1.29, 1.82) is 5.41 Å². The third-order valence-corrected chi connectivity index (χ3v) is 0. The average Bonchev–Trinajstić information content (AvgIpc) is 1.25. The molecular weight excluding hydrogens is 311 g/mol. The van der Waals surface area contributed by atoms with Crippen molar-refractivity contribution in [3.05, 3.63) is 0 Å². The summed E-state index contributed by atoms with van der Waals surface area (Å²) in [6.45, 7) is 1.08. The molecule has 9 heavy (non-hydrogen) atoms. The summed E-state index contributed by atoms with van der Waals surface area (Å²) in [7, 11) is 0. The van der Waals surface area contributed by atoms with E-state index in [1.807, 2.05) is 0 Å². The number of carboxylic acids is 1. The van der Waals surface area contributed by atoms with Crippen LogP contribution in [0.25, 0.3) is 0 Å². The molecule has 0 bridgehead atoms.